The van der Waals surface area contributed by atoms with Gasteiger partial charge in [0.15, 0.2) is 5.96 Å². The van der Waals surface area contributed by atoms with Gasteiger partial charge in [-0.2, -0.15) is 0 Å². The molecule has 0 unspecified atom stereocenters. The second-order valence-corrected chi connectivity index (χ2v) is 2.66. The summed E-state index contributed by atoms with van der Waals surface area (Å²) in [5.41, 5.74) is 1.25. The van der Waals surface area contributed by atoms with Crippen LogP contribution in [-0.2, 0) is 6.54 Å². The zero-order valence-corrected chi connectivity index (χ0v) is 8.04. The van der Waals surface area contributed by atoms with E-state index in [2.05, 4.69) is 27.8 Å². The number of hydrogen-bond acceptors (Lipinski definition) is 1. The van der Waals surface area contributed by atoms with Crippen LogP contribution in [0.5, 0.6) is 0 Å². The maximum Gasteiger partial charge on any atom is 0.190 e. The van der Waals surface area contributed by atoms with Gasteiger partial charge < -0.3 is 10.6 Å². The normalized spacial score (nSPS) is 11.1. The first kappa shape index (κ1) is 9.58. The molecule has 0 spiro atoms. The Hall–Kier alpha value is -1.51. The van der Waals surface area contributed by atoms with Gasteiger partial charge in [-0.3, -0.25) is 4.99 Å². The minimum absolute atomic E-state index is 0.800. The third kappa shape index (κ3) is 3.15. The molecule has 0 amide bonds. The zero-order chi connectivity index (χ0) is 9.52. The first-order chi connectivity index (χ1) is 6.36. The largest absolute Gasteiger partial charge is 0.359 e. The molecule has 0 bridgehead atoms. The van der Waals surface area contributed by atoms with Crippen LogP contribution in [-0.4, -0.2) is 20.1 Å². The Morgan fingerprint density at radius 3 is 2.54 bits per heavy atom. The third-order valence-electron chi connectivity index (χ3n) is 1.76. The summed E-state index contributed by atoms with van der Waals surface area (Å²) in [6.45, 7) is 0.800. The monoisotopic (exact) mass is 179 g/mol. The molecule has 0 atom stereocenters. The van der Waals surface area contributed by atoms with Gasteiger partial charge in [-0.15, -0.1) is 0 Å². The smallest absolute Gasteiger partial charge is 0.190 e. The number of nitrogens with zero attached hydrogens (tertiary/aromatic N) is 1. The summed E-state index contributed by atoms with van der Waals surface area (Å²) in [4.78, 5) is 4.02. The molecule has 0 aliphatic rings. The van der Waals surface area contributed by atoms with E-state index >= 15 is 0 Å². The van der Waals surface area contributed by atoms with Crippen molar-refractivity contribution in [3.63, 3.8) is 0 Å². The minimum atomic E-state index is 0.800. The Balaban J connectivity index is 2.43. The lowest BCUT2D eigenvalue weighted by atomic mass is 10.3. The highest BCUT2D eigenvalue weighted by atomic mass is 15.4. The molecule has 0 aromatic heterocycles. The number of nitrogens with one attached hydrogen (secondary N) is 2. The van der Waals surface area contributed by atoms with Crippen molar-refractivity contribution in [2.45, 2.75) is 6.54 Å². The summed E-state index contributed by atoms with van der Waals surface area (Å²) < 4.78 is 0. The summed E-state index contributed by atoms with van der Waals surface area (Å²) >= 11 is 0. The van der Waals surface area contributed by atoms with Gasteiger partial charge >= 0.3 is 0 Å². The SMILES string of the molecule is CN=C(NC)N[14CH2]c1ccccc1. The maximum atomic E-state index is 4.02. The number of rotatable bonds is 2. The van der Waals surface area contributed by atoms with Crippen LogP contribution in [0.3, 0.4) is 0 Å². The van der Waals surface area contributed by atoms with Crippen LogP contribution in [0.25, 0.3) is 0 Å². The van der Waals surface area contributed by atoms with Gasteiger partial charge in [0.25, 0.3) is 0 Å². The van der Waals surface area contributed by atoms with Crippen LogP contribution in [0.1, 0.15) is 5.56 Å². The fraction of sp³-hybridized carbons (Fsp3) is 0.300. The van der Waals surface area contributed by atoms with E-state index in [0.717, 1.165) is 12.5 Å². The third-order valence-corrected chi connectivity index (χ3v) is 1.76. The van der Waals surface area contributed by atoms with E-state index < -0.39 is 0 Å². The van der Waals surface area contributed by atoms with Gasteiger partial charge in [-0.25, -0.2) is 0 Å². The lowest BCUT2D eigenvalue weighted by molar-refractivity contribution is 0.866. The van der Waals surface area contributed by atoms with Crippen molar-refractivity contribution in [2.75, 3.05) is 14.1 Å². The maximum absolute atomic E-state index is 4.02. The van der Waals surface area contributed by atoms with Crippen LogP contribution in [0, 0.1) is 0 Å². The van der Waals surface area contributed by atoms with Crippen molar-refractivity contribution in [3.8, 4) is 0 Å². The number of hydrogen-bond donors (Lipinski definition) is 2. The molecular formula is C10H15N3. The molecule has 0 heterocycles. The molecule has 2 N–H and O–H groups in total. The highest BCUT2D eigenvalue weighted by Gasteiger charge is 1.93. The second-order valence-electron chi connectivity index (χ2n) is 2.66. The molecule has 0 fully saturated rings. The highest BCUT2D eigenvalue weighted by molar-refractivity contribution is 5.79. The minimum Gasteiger partial charge on any atom is -0.359 e. The van der Waals surface area contributed by atoms with Crippen LogP contribution in [0.15, 0.2) is 35.3 Å². The van der Waals surface area contributed by atoms with E-state index in [1.54, 1.807) is 7.05 Å². The van der Waals surface area contributed by atoms with E-state index in [-0.39, 0.29) is 0 Å². The fourth-order valence-corrected chi connectivity index (χ4v) is 1.06. The van der Waals surface area contributed by atoms with E-state index in [1.165, 1.54) is 5.56 Å². The predicted octanol–water partition coefficient (Wildman–Crippen LogP) is 0.981. The molecule has 0 saturated heterocycles. The van der Waals surface area contributed by atoms with Crippen molar-refractivity contribution < 1.29 is 0 Å². The summed E-state index contributed by atoms with van der Waals surface area (Å²) in [7, 11) is 3.60. The Bertz CT molecular complexity index is 267. The van der Waals surface area contributed by atoms with E-state index in [1.807, 2.05) is 25.2 Å². The van der Waals surface area contributed by atoms with Crippen LogP contribution >= 0.6 is 0 Å². The van der Waals surface area contributed by atoms with Crippen molar-refractivity contribution in [1.29, 1.82) is 0 Å². The molecular weight excluding hydrogens is 164 g/mol. The average Bonchev–Trinajstić information content (AvgIpc) is 2.21. The van der Waals surface area contributed by atoms with Crippen molar-refractivity contribution in [1.82, 2.24) is 10.6 Å². The van der Waals surface area contributed by atoms with Gasteiger partial charge in [-0.1, -0.05) is 30.3 Å². The van der Waals surface area contributed by atoms with Gasteiger partial charge in [0, 0.05) is 20.6 Å². The summed E-state index contributed by atoms with van der Waals surface area (Å²) in [6, 6.07) is 10.2. The summed E-state index contributed by atoms with van der Waals surface area (Å²) in [5, 5.41) is 6.14. The number of guanidine groups is 1. The fourth-order valence-electron chi connectivity index (χ4n) is 1.06. The molecule has 13 heavy (non-hydrogen) atoms. The molecule has 1 aromatic rings. The van der Waals surface area contributed by atoms with Crippen molar-refractivity contribution in [2.24, 2.45) is 4.99 Å². The Kier molecular flexibility index (Phi) is 3.82. The number of benzene rings is 1. The Morgan fingerprint density at radius 1 is 1.31 bits per heavy atom. The van der Waals surface area contributed by atoms with Crippen LogP contribution < -0.4 is 10.6 Å². The molecule has 0 aliphatic carbocycles. The molecule has 1 rings (SSSR count). The average molecular weight is 179 g/mol. The van der Waals surface area contributed by atoms with Crippen LogP contribution in [0.4, 0.5) is 0 Å². The quantitative estimate of drug-likeness (QED) is 0.524. The van der Waals surface area contributed by atoms with Gasteiger partial charge in [0.1, 0.15) is 0 Å². The van der Waals surface area contributed by atoms with Gasteiger partial charge in [0.05, 0.1) is 0 Å². The lowest BCUT2D eigenvalue weighted by Gasteiger charge is -2.07. The molecule has 3 heteroatoms. The Labute approximate surface area is 78.9 Å². The van der Waals surface area contributed by atoms with E-state index in [9.17, 15) is 0 Å². The van der Waals surface area contributed by atoms with Gasteiger partial charge in [-0.05, 0) is 5.56 Å². The van der Waals surface area contributed by atoms with Crippen LogP contribution in [0.2, 0.25) is 0 Å². The van der Waals surface area contributed by atoms with E-state index in [4.69, 9.17) is 0 Å². The molecule has 3 nitrogen and oxygen atoms in total. The molecule has 0 saturated carbocycles. The standard InChI is InChI=1S/C10H15N3/c1-11-10(12-2)13-8-9-6-4-3-5-7-9/h3-7H,8H2,1-2H3,(H2,11,12,13)/i8+2. The van der Waals surface area contributed by atoms with Crippen molar-refractivity contribution >= 4 is 5.96 Å². The molecule has 70 valence electrons. The highest BCUT2D eigenvalue weighted by Crippen LogP contribution is 1.96. The first-order valence-corrected chi connectivity index (χ1v) is 4.29. The first-order valence-electron chi connectivity index (χ1n) is 4.29. The molecule has 0 radical (unpaired) electrons. The second kappa shape index (κ2) is 5.19. The van der Waals surface area contributed by atoms with Gasteiger partial charge in [0.2, 0.25) is 0 Å². The molecule has 1 aromatic carbocycles. The lowest BCUT2D eigenvalue weighted by Crippen LogP contribution is -2.33. The summed E-state index contributed by atoms with van der Waals surface area (Å²) in [5.74, 6) is 0.809. The predicted molar refractivity (Wildman–Crippen MR) is 55.7 cm³/mol. The zero-order valence-electron chi connectivity index (χ0n) is 8.04. The molecule has 0 aliphatic heterocycles. The topological polar surface area (TPSA) is 36.4 Å². The van der Waals surface area contributed by atoms with Crippen molar-refractivity contribution in [3.05, 3.63) is 35.9 Å². The number of aliphatic imine (C=N–C) groups is 1. The van der Waals surface area contributed by atoms with E-state index in [0.29, 0.717) is 0 Å². The summed E-state index contributed by atoms with van der Waals surface area (Å²) in [6.07, 6.45) is 0. The Morgan fingerprint density at radius 2 is 2.00 bits per heavy atom.